The van der Waals surface area contributed by atoms with Gasteiger partial charge in [-0.3, -0.25) is 14.5 Å². The lowest BCUT2D eigenvalue weighted by Gasteiger charge is -2.25. The van der Waals surface area contributed by atoms with Crippen molar-refractivity contribution in [3.05, 3.63) is 65.0 Å². The number of urea groups is 1. The third-order valence-corrected chi connectivity index (χ3v) is 5.01. The van der Waals surface area contributed by atoms with E-state index in [2.05, 4.69) is 10.6 Å². The third kappa shape index (κ3) is 3.47. The number of hydrogen-bond donors (Lipinski definition) is 2. The lowest BCUT2D eigenvalue weighted by Crippen LogP contribution is -2.44. The van der Waals surface area contributed by atoms with Crippen LogP contribution in [0.4, 0.5) is 14.9 Å². The van der Waals surface area contributed by atoms with E-state index in [0.29, 0.717) is 11.3 Å². The molecule has 4 amide bonds. The largest absolute Gasteiger partial charge is 0.325 e. The first-order chi connectivity index (χ1) is 13.3. The van der Waals surface area contributed by atoms with Crippen molar-refractivity contribution in [2.75, 3.05) is 11.9 Å². The van der Waals surface area contributed by atoms with Gasteiger partial charge in [-0.05, 0) is 55.2 Å². The van der Waals surface area contributed by atoms with Crippen LogP contribution in [0.15, 0.2) is 42.5 Å². The molecule has 1 heterocycles. The highest BCUT2D eigenvalue weighted by Gasteiger charge is 2.51. The van der Waals surface area contributed by atoms with E-state index in [9.17, 15) is 18.8 Å². The zero-order valence-electron chi connectivity index (χ0n) is 16.0. The molecule has 1 saturated heterocycles. The number of imide groups is 1. The van der Waals surface area contributed by atoms with E-state index in [0.717, 1.165) is 16.0 Å². The van der Waals surface area contributed by atoms with Crippen LogP contribution in [0.25, 0.3) is 0 Å². The number of aryl methyl sites for hydroxylation is 2. The van der Waals surface area contributed by atoms with E-state index in [1.807, 2.05) is 32.0 Å². The zero-order valence-corrected chi connectivity index (χ0v) is 16.0. The maximum Gasteiger partial charge on any atom is 0.325 e. The van der Waals surface area contributed by atoms with E-state index in [1.54, 1.807) is 6.92 Å². The number of benzene rings is 2. The van der Waals surface area contributed by atoms with Crippen LogP contribution in [0.5, 0.6) is 0 Å². The quantitative estimate of drug-likeness (QED) is 0.778. The summed E-state index contributed by atoms with van der Waals surface area (Å²) in [5.74, 6) is -1.43. The molecule has 0 aliphatic carbocycles. The number of anilines is 1. The lowest BCUT2D eigenvalue weighted by atomic mass is 9.87. The summed E-state index contributed by atoms with van der Waals surface area (Å²) >= 11 is 0. The van der Waals surface area contributed by atoms with Crippen LogP contribution >= 0.6 is 0 Å². The van der Waals surface area contributed by atoms with E-state index < -0.39 is 35.7 Å². The first kappa shape index (κ1) is 19.5. The molecule has 3 rings (SSSR count). The van der Waals surface area contributed by atoms with Crippen LogP contribution in [0.3, 0.4) is 0 Å². The lowest BCUT2D eigenvalue weighted by molar-refractivity contribution is -0.134. The Morgan fingerprint density at radius 2 is 1.82 bits per heavy atom. The molecule has 1 fully saturated rings. The predicted molar refractivity (Wildman–Crippen MR) is 103 cm³/mol. The predicted octanol–water partition coefficient (Wildman–Crippen LogP) is 3.24. The van der Waals surface area contributed by atoms with Gasteiger partial charge in [0, 0.05) is 5.69 Å². The summed E-state index contributed by atoms with van der Waals surface area (Å²) in [5.41, 5.74) is 1.68. The molecule has 1 unspecified atom stereocenters. The summed E-state index contributed by atoms with van der Waals surface area (Å²) in [7, 11) is 0. The minimum Gasteiger partial charge on any atom is -0.324 e. The van der Waals surface area contributed by atoms with Crippen LogP contribution in [0.2, 0.25) is 0 Å². The van der Waals surface area contributed by atoms with Gasteiger partial charge in [0.05, 0.1) is 0 Å². The number of rotatable bonds is 5. The fourth-order valence-corrected chi connectivity index (χ4v) is 3.35. The molecule has 1 atom stereocenters. The first-order valence-electron chi connectivity index (χ1n) is 9.04. The van der Waals surface area contributed by atoms with E-state index >= 15 is 0 Å². The highest BCUT2D eigenvalue weighted by molar-refractivity contribution is 6.10. The van der Waals surface area contributed by atoms with E-state index in [1.165, 1.54) is 24.3 Å². The average Bonchev–Trinajstić information content (AvgIpc) is 2.90. The highest BCUT2D eigenvalue weighted by atomic mass is 19.1. The van der Waals surface area contributed by atoms with Crippen molar-refractivity contribution >= 4 is 23.5 Å². The molecular weight excluding hydrogens is 361 g/mol. The van der Waals surface area contributed by atoms with Crippen molar-refractivity contribution in [2.45, 2.75) is 32.7 Å². The van der Waals surface area contributed by atoms with Gasteiger partial charge in [-0.2, -0.15) is 0 Å². The number of amides is 4. The van der Waals surface area contributed by atoms with Gasteiger partial charge in [0.15, 0.2) is 0 Å². The van der Waals surface area contributed by atoms with Crippen molar-refractivity contribution in [3.63, 3.8) is 0 Å². The molecule has 7 heteroatoms. The molecule has 2 aromatic carbocycles. The number of carbonyl (C=O) groups excluding carboxylic acids is 3. The Kier molecular flexibility index (Phi) is 5.18. The maximum absolute atomic E-state index is 13.3. The molecule has 146 valence electrons. The molecule has 2 N–H and O–H groups in total. The van der Waals surface area contributed by atoms with Crippen LogP contribution in [-0.2, 0) is 15.1 Å². The van der Waals surface area contributed by atoms with Gasteiger partial charge in [0.1, 0.15) is 17.9 Å². The van der Waals surface area contributed by atoms with Crippen LogP contribution in [-0.4, -0.2) is 29.3 Å². The summed E-state index contributed by atoms with van der Waals surface area (Å²) in [4.78, 5) is 38.8. The average molecular weight is 383 g/mol. The van der Waals surface area contributed by atoms with Gasteiger partial charge in [0.2, 0.25) is 5.91 Å². The number of halogens is 1. The summed E-state index contributed by atoms with van der Waals surface area (Å²) < 4.78 is 13.3. The first-order valence-corrected chi connectivity index (χ1v) is 9.04. The number of hydrogen-bond acceptors (Lipinski definition) is 3. The van der Waals surface area contributed by atoms with Crippen molar-refractivity contribution < 1.29 is 18.8 Å². The second-order valence-corrected chi connectivity index (χ2v) is 6.95. The smallest absolute Gasteiger partial charge is 0.324 e. The molecular formula is C21H22FN3O3. The van der Waals surface area contributed by atoms with Crippen molar-refractivity contribution in [2.24, 2.45) is 0 Å². The molecule has 2 aromatic rings. The second kappa shape index (κ2) is 7.42. The summed E-state index contributed by atoms with van der Waals surface area (Å²) in [6.07, 6.45) is 0.276. The van der Waals surface area contributed by atoms with Gasteiger partial charge < -0.3 is 10.6 Å². The Hall–Kier alpha value is -3.22. The molecule has 6 nitrogen and oxygen atoms in total. The molecule has 0 aromatic heterocycles. The van der Waals surface area contributed by atoms with Crippen LogP contribution in [0.1, 0.15) is 30.0 Å². The minimum atomic E-state index is -1.30. The molecule has 0 spiro atoms. The number of nitrogens with zero attached hydrogens (tertiary/aromatic N) is 1. The maximum atomic E-state index is 13.3. The van der Waals surface area contributed by atoms with Crippen LogP contribution < -0.4 is 10.6 Å². The molecule has 1 aliphatic rings. The Morgan fingerprint density at radius 3 is 2.46 bits per heavy atom. The SMILES string of the molecule is CCC1(c2ccc(F)cc2)NC(=O)N(CC(=O)Nc2cc(C)ccc2C)C1=O. The molecule has 0 radical (unpaired) electrons. The fraction of sp³-hybridized carbons (Fsp3) is 0.286. The second-order valence-electron chi connectivity index (χ2n) is 6.95. The Morgan fingerprint density at radius 1 is 1.14 bits per heavy atom. The molecule has 0 bridgehead atoms. The van der Waals surface area contributed by atoms with E-state index in [4.69, 9.17) is 0 Å². The fourth-order valence-electron chi connectivity index (χ4n) is 3.35. The zero-order chi connectivity index (χ0) is 20.5. The van der Waals surface area contributed by atoms with Gasteiger partial charge >= 0.3 is 6.03 Å². The van der Waals surface area contributed by atoms with Gasteiger partial charge in [0.25, 0.3) is 5.91 Å². The Labute approximate surface area is 162 Å². The highest BCUT2D eigenvalue weighted by Crippen LogP contribution is 2.32. The molecule has 1 aliphatic heterocycles. The number of carbonyl (C=O) groups is 3. The minimum absolute atomic E-state index is 0.276. The standard InChI is InChI=1S/C21H22FN3O3/c1-4-21(15-7-9-16(22)10-8-15)19(27)25(20(28)24-21)12-18(26)23-17-11-13(2)5-6-14(17)3/h5-11H,4,12H2,1-3H3,(H,23,26)(H,24,28). The van der Waals surface area contributed by atoms with Crippen LogP contribution in [0, 0.1) is 19.7 Å². The summed E-state index contributed by atoms with van der Waals surface area (Å²) in [5, 5.41) is 5.43. The molecule has 28 heavy (non-hydrogen) atoms. The summed E-state index contributed by atoms with van der Waals surface area (Å²) in [6, 6.07) is 10.4. The third-order valence-electron chi connectivity index (χ3n) is 5.01. The monoisotopic (exact) mass is 383 g/mol. The topological polar surface area (TPSA) is 78.5 Å². The van der Waals surface area contributed by atoms with Crippen molar-refractivity contribution in [1.82, 2.24) is 10.2 Å². The Bertz CT molecular complexity index is 942. The van der Waals surface area contributed by atoms with Gasteiger partial charge in [-0.1, -0.05) is 31.2 Å². The number of nitrogens with one attached hydrogen (secondary N) is 2. The Balaban J connectivity index is 1.80. The normalized spacial score (nSPS) is 18.9. The van der Waals surface area contributed by atoms with E-state index in [-0.39, 0.29) is 6.42 Å². The van der Waals surface area contributed by atoms with Gasteiger partial charge in [-0.25, -0.2) is 9.18 Å². The molecule has 0 saturated carbocycles. The van der Waals surface area contributed by atoms with Crippen molar-refractivity contribution in [1.29, 1.82) is 0 Å². The summed E-state index contributed by atoms with van der Waals surface area (Å²) in [6.45, 7) is 5.12. The van der Waals surface area contributed by atoms with Crippen molar-refractivity contribution in [3.8, 4) is 0 Å². The van der Waals surface area contributed by atoms with Gasteiger partial charge in [-0.15, -0.1) is 0 Å².